The lowest BCUT2D eigenvalue weighted by atomic mass is 10.0. The Labute approximate surface area is 179 Å². The molecule has 1 unspecified atom stereocenters. The van der Waals surface area contributed by atoms with Crippen LogP contribution in [0.25, 0.3) is 5.69 Å². The maximum atomic E-state index is 12.5. The first-order chi connectivity index (χ1) is 14.5. The second-order valence-corrected chi connectivity index (χ2v) is 8.39. The average Bonchev–Trinajstić information content (AvgIpc) is 3.04. The van der Waals surface area contributed by atoms with Gasteiger partial charge in [0.25, 0.3) is 0 Å². The van der Waals surface area contributed by atoms with E-state index in [1.807, 2.05) is 48.9 Å². The van der Waals surface area contributed by atoms with Gasteiger partial charge in [-0.15, -0.1) is 0 Å². The molecule has 1 saturated heterocycles. The van der Waals surface area contributed by atoms with Crippen molar-refractivity contribution in [2.75, 3.05) is 32.8 Å². The zero-order valence-electron chi connectivity index (χ0n) is 18.6. The minimum Gasteiger partial charge on any atom is -0.379 e. The Morgan fingerprint density at radius 2 is 1.83 bits per heavy atom. The van der Waals surface area contributed by atoms with Crippen LogP contribution in [0.1, 0.15) is 37.2 Å². The molecule has 7 nitrogen and oxygen atoms in total. The fourth-order valence-electron chi connectivity index (χ4n) is 4.04. The number of carbonyl (C=O) groups is 1. The largest absolute Gasteiger partial charge is 0.379 e. The van der Waals surface area contributed by atoms with Crippen LogP contribution >= 0.6 is 0 Å². The molecule has 7 heteroatoms. The summed E-state index contributed by atoms with van der Waals surface area (Å²) in [6.07, 6.45) is 1.06. The number of nitrogens with zero attached hydrogens (tertiary/aromatic N) is 3. The minimum absolute atomic E-state index is 0.136. The van der Waals surface area contributed by atoms with E-state index in [9.17, 15) is 4.79 Å². The number of hydrogen-bond donors (Lipinski definition) is 2. The molecule has 0 radical (unpaired) electrons. The molecule has 0 spiro atoms. The van der Waals surface area contributed by atoms with Crippen molar-refractivity contribution in [2.45, 2.75) is 46.7 Å². The zero-order valence-corrected chi connectivity index (χ0v) is 18.6. The molecule has 2 heterocycles. The van der Waals surface area contributed by atoms with E-state index < -0.39 is 0 Å². The standard InChI is InChI=1S/C23H35N5O2/c1-17(2)14-21(27-10-12-30-13-11-27)15-24-23(29)25-16-22-18(3)26-28(19(22)4)20-8-6-5-7-9-20/h5-9,17,21H,10-16H2,1-4H3,(H2,24,25,29). The lowest BCUT2D eigenvalue weighted by Crippen LogP contribution is -2.50. The van der Waals surface area contributed by atoms with E-state index >= 15 is 0 Å². The molecule has 2 aromatic rings. The molecule has 2 N–H and O–H groups in total. The second-order valence-electron chi connectivity index (χ2n) is 8.39. The molecule has 0 saturated carbocycles. The number of nitrogens with one attached hydrogen (secondary N) is 2. The Bertz CT molecular complexity index is 813. The van der Waals surface area contributed by atoms with Crippen molar-refractivity contribution >= 4 is 6.03 Å². The van der Waals surface area contributed by atoms with Gasteiger partial charge in [0, 0.05) is 43.5 Å². The number of hydrogen-bond acceptors (Lipinski definition) is 4. The molecule has 1 atom stereocenters. The molecular weight excluding hydrogens is 378 g/mol. The van der Waals surface area contributed by atoms with Gasteiger partial charge in [0.15, 0.2) is 0 Å². The first kappa shape index (κ1) is 22.3. The van der Waals surface area contributed by atoms with Crippen molar-refractivity contribution in [3.8, 4) is 5.69 Å². The summed E-state index contributed by atoms with van der Waals surface area (Å²) in [6.45, 7) is 13.0. The fraction of sp³-hybridized carbons (Fsp3) is 0.565. The third-order valence-corrected chi connectivity index (χ3v) is 5.67. The number of amides is 2. The number of morpholine rings is 1. The predicted octanol–water partition coefficient (Wildman–Crippen LogP) is 3.04. The zero-order chi connectivity index (χ0) is 21.5. The minimum atomic E-state index is -0.136. The summed E-state index contributed by atoms with van der Waals surface area (Å²) >= 11 is 0. The molecule has 2 amide bonds. The molecule has 1 fully saturated rings. The number of para-hydroxylation sites is 1. The van der Waals surface area contributed by atoms with Crippen LogP contribution in [0.4, 0.5) is 4.79 Å². The fourth-order valence-corrected chi connectivity index (χ4v) is 4.04. The summed E-state index contributed by atoms with van der Waals surface area (Å²) in [5.74, 6) is 0.580. The molecule has 3 rings (SSSR count). The summed E-state index contributed by atoms with van der Waals surface area (Å²) in [5.41, 5.74) is 4.06. The number of urea groups is 1. The molecule has 1 aliphatic heterocycles. The first-order valence-electron chi connectivity index (χ1n) is 10.9. The lowest BCUT2D eigenvalue weighted by molar-refractivity contribution is 0.0129. The Morgan fingerprint density at radius 1 is 1.13 bits per heavy atom. The topological polar surface area (TPSA) is 71.4 Å². The Balaban J connectivity index is 1.55. The van der Waals surface area contributed by atoms with E-state index in [0.717, 1.165) is 55.4 Å². The van der Waals surface area contributed by atoms with E-state index in [-0.39, 0.29) is 6.03 Å². The molecular formula is C23H35N5O2. The molecule has 164 valence electrons. The normalized spacial score (nSPS) is 15.9. The molecule has 0 bridgehead atoms. The first-order valence-corrected chi connectivity index (χ1v) is 10.9. The Hall–Kier alpha value is -2.38. The molecule has 1 aromatic heterocycles. The maximum absolute atomic E-state index is 12.5. The number of benzene rings is 1. The summed E-state index contributed by atoms with van der Waals surface area (Å²) in [5, 5.41) is 10.7. The number of aryl methyl sites for hydroxylation is 1. The Morgan fingerprint density at radius 3 is 2.50 bits per heavy atom. The van der Waals surface area contributed by atoms with E-state index in [4.69, 9.17) is 4.74 Å². The highest BCUT2D eigenvalue weighted by Crippen LogP contribution is 2.17. The van der Waals surface area contributed by atoms with Crippen LogP contribution in [0.3, 0.4) is 0 Å². The van der Waals surface area contributed by atoms with Gasteiger partial charge in [-0.05, 0) is 38.3 Å². The maximum Gasteiger partial charge on any atom is 0.315 e. The number of aromatic nitrogens is 2. The quantitative estimate of drug-likeness (QED) is 0.698. The number of carbonyl (C=O) groups excluding carboxylic acids is 1. The molecule has 30 heavy (non-hydrogen) atoms. The van der Waals surface area contributed by atoms with Crippen LogP contribution < -0.4 is 10.6 Å². The van der Waals surface area contributed by atoms with Gasteiger partial charge < -0.3 is 15.4 Å². The van der Waals surface area contributed by atoms with Gasteiger partial charge in [0.05, 0.1) is 24.6 Å². The van der Waals surface area contributed by atoms with Crippen LogP contribution in [0.2, 0.25) is 0 Å². The highest BCUT2D eigenvalue weighted by atomic mass is 16.5. The highest BCUT2D eigenvalue weighted by Gasteiger charge is 2.22. The van der Waals surface area contributed by atoms with Crippen molar-refractivity contribution in [1.29, 1.82) is 0 Å². The number of ether oxygens (including phenoxy) is 1. The molecule has 1 aromatic carbocycles. The monoisotopic (exact) mass is 413 g/mol. The number of rotatable bonds is 8. The van der Waals surface area contributed by atoms with Crippen LogP contribution in [0, 0.1) is 19.8 Å². The summed E-state index contributed by atoms with van der Waals surface area (Å²) in [4.78, 5) is 14.9. The van der Waals surface area contributed by atoms with Crippen molar-refractivity contribution < 1.29 is 9.53 Å². The predicted molar refractivity (Wildman–Crippen MR) is 119 cm³/mol. The van der Waals surface area contributed by atoms with Crippen LogP contribution in [-0.2, 0) is 11.3 Å². The van der Waals surface area contributed by atoms with Gasteiger partial charge in [0.1, 0.15) is 0 Å². The lowest BCUT2D eigenvalue weighted by Gasteiger charge is -2.35. The summed E-state index contributed by atoms with van der Waals surface area (Å²) in [6, 6.07) is 10.3. The smallest absolute Gasteiger partial charge is 0.315 e. The third-order valence-electron chi connectivity index (χ3n) is 5.67. The van der Waals surface area contributed by atoms with E-state index in [2.05, 4.69) is 34.5 Å². The van der Waals surface area contributed by atoms with E-state index in [1.54, 1.807) is 0 Å². The van der Waals surface area contributed by atoms with Gasteiger partial charge in [0.2, 0.25) is 0 Å². The SMILES string of the molecule is Cc1nn(-c2ccccc2)c(C)c1CNC(=O)NCC(CC(C)C)N1CCOCC1. The van der Waals surface area contributed by atoms with Gasteiger partial charge in [-0.25, -0.2) is 9.48 Å². The van der Waals surface area contributed by atoms with E-state index in [0.29, 0.717) is 25.0 Å². The van der Waals surface area contributed by atoms with Crippen molar-refractivity contribution in [1.82, 2.24) is 25.3 Å². The van der Waals surface area contributed by atoms with Crippen molar-refractivity contribution in [2.24, 2.45) is 5.92 Å². The third kappa shape index (κ3) is 5.83. The summed E-state index contributed by atoms with van der Waals surface area (Å²) in [7, 11) is 0. The van der Waals surface area contributed by atoms with Crippen LogP contribution in [-0.4, -0.2) is 59.6 Å². The van der Waals surface area contributed by atoms with Crippen LogP contribution in [0.15, 0.2) is 30.3 Å². The second kappa shape index (κ2) is 10.6. The highest BCUT2D eigenvalue weighted by molar-refractivity contribution is 5.73. The van der Waals surface area contributed by atoms with Gasteiger partial charge in [-0.1, -0.05) is 32.0 Å². The van der Waals surface area contributed by atoms with Crippen molar-refractivity contribution in [3.63, 3.8) is 0 Å². The summed E-state index contributed by atoms with van der Waals surface area (Å²) < 4.78 is 7.41. The molecule has 0 aliphatic carbocycles. The van der Waals surface area contributed by atoms with Crippen LogP contribution in [0.5, 0.6) is 0 Å². The van der Waals surface area contributed by atoms with Gasteiger partial charge in [-0.3, -0.25) is 4.90 Å². The van der Waals surface area contributed by atoms with E-state index in [1.165, 1.54) is 0 Å². The van der Waals surface area contributed by atoms with Gasteiger partial charge >= 0.3 is 6.03 Å². The molecule has 1 aliphatic rings. The van der Waals surface area contributed by atoms with Gasteiger partial charge in [-0.2, -0.15) is 5.10 Å². The van der Waals surface area contributed by atoms with Crippen molar-refractivity contribution in [3.05, 3.63) is 47.3 Å². The Kier molecular flexibility index (Phi) is 7.87. The average molecular weight is 414 g/mol.